The topological polar surface area (TPSA) is 514 Å². The summed E-state index contributed by atoms with van der Waals surface area (Å²) in [7, 11) is 9.12. The lowest BCUT2D eigenvalue weighted by molar-refractivity contribution is -0.140. The minimum Gasteiger partial charge on any atom is -0.394 e. The van der Waals surface area contributed by atoms with Crippen LogP contribution in [0, 0.1) is 17.8 Å². The van der Waals surface area contributed by atoms with Gasteiger partial charge < -0.3 is 117 Å². The van der Waals surface area contributed by atoms with Gasteiger partial charge in [-0.3, -0.25) is 14.4 Å². The molecule has 1 fully saturated rings. The second-order valence-electron chi connectivity index (χ2n) is 15.2. The molecule has 2 aromatic carbocycles. The summed E-state index contributed by atoms with van der Waals surface area (Å²) >= 11 is 0. The van der Waals surface area contributed by atoms with E-state index in [1.165, 1.54) is 65.5 Å². The van der Waals surface area contributed by atoms with Crippen LogP contribution >= 0.6 is 0 Å². The van der Waals surface area contributed by atoms with Crippen molar-refractivity contribution >= 4 is 78.8 Å². The van der Waals surface area contributed by atoms with E-state index in [0.717, 1.165) is 62.1 Å². The van der Waals surface area contributed by atoms with Gasteiger partial charge in [-0.15, -0.1) is 0 Å². The summed E-state index contributed by atoms with van der Waals surface area (Å²) in [5.41, 5.74) is 24.9. The van der Waals surface area contributed by atoms with Crippen LogP contribution in [-0.4, -0.2) is 167 Å². The predicted octanol–water partition coefficient (Wildman–Crippen LogP) is 8.91. The van der Waals surface area contributed by atoms with Crippen LogP contribution in [0.3, 0.4) is 0 Å². The van der Waals surface area contributed by atoms with Crippen molar-refractivity contribution in [3.8, 4) is 0 Å². The largest absolute Gasteiger partial charge is 0.394 e. The number of nitrogens with zero attached hydrogens (tertiary/aromatic N) is 2. The third-order valence-electron chi connectivity index (χ3n) is 7.82. The van der Waals surface area contributed by atoms with E-state index in [9.17, 15) is 14.4 Å². The summed E-state index contributed by atoms with van der Waals surface area (Å²) in [5.74, 6) is 2.06. The molecular weight excluding hydrogens is 1130 g/mol. The van der Waals surface area contributed by atoms with Crippen molar-refractivity contribution in [1.29, 1.82) is 0 Å². The van der Waals surface area contributed by atoms with E-state index in [1.54, 1.807) is 27.8 Å². The number of likely N-dealkylation sites (tertiary alicyclic amines) is 1. The second kappa shape index (κ2) is 185. The number of piperidine rings is 1. The first-order valence-corrected chi connectivity index (χ1v) is 27.4. The molecule has 0 saturated carbocycles. The maximum absolute atomic E-state index is 12.8. The van der Waals surface area contributed by atoms with Crippen LogP contribution in [0.5, 0.6) is 0 Å². The van der Waals surface area contributed by atoms with E-state index in [0.29, 0.717) is 6.42 Å². The number of likely N-dealkylation sites (N-methyl/N-ethyl adjacent to an activating group) is 1. The highest BCUT2D eigenvalue weighted by Gasteiger charge is 2.29. The zero-order valence-electron chi connectivity index (χ0n) is 60.9. The van der Waals surface area contributed by atoms with Crippen LogP contribution in [-0.2, 0) is 70.4 Å². The van der Waals surface area contributed by atoms with Crippen molar-refractivity contribution in [1.82, 2.24) is 39.7 Å². The zero-order chi connectivity index (χ0) is 72.6. The summed E-state index contributed by atoms with van der Waals surface area (Å²) in [6, 6.07) is 18.8. The number of nitrogens with two attached hydrogens (primary N) is 5. The van der Waals surface area contributed by atoms with E-state index in [-0.39, 0.29) is 48.4 Å². The van der Waals surface area contributed by atoms with Gasteiger partial charge in [0.05, 0.1) is 0 Å². The first-order valence-electron chi connectivity index (χ1n) is 27.4. The lowest BCUT2D eigenvalue weighted by atomic mass is 10.0. The summed E-state index contributed by atoms with van der Waals surface area (Å²) in [6.07, 6.45) is 7.16. The SMILES string of the molecule is C=O.C=O.C=O.C=O.C=O.C=O.C=O.C=O.C=O.CC.CC.CC(=O)N(C)[C@@H](Cc1ccccc1)C(=O)N[C@@H](C)C(=O)N1CCCCC1.CC(C)C.CC(C)O.CCC(C)C.CCC(C)C.CCc1ccccc1.CN.CN.CN.CN.CN.N.N.N.N. The summed E-state index contributed by atoms with van der Waals surface area (Å²) in [4.78, 5) is 112. The van der Waals surface area contributed by atoms with Gasteiger partial charge in [-0.05, 0) is 111 Å². The first kappa shape index (κ1) is 154. The summed E-state index contributed by atoms with van der Waals surface area (Å²) in [6.45, 7) is 56.0. The van der Waals surface area contributed by atoms with Crippen molar-refractivity contribution < 1.29 is 62.6 Å². The highest BCUT2D eigenvalue weighted by atomic mass is 16.3. The fourth-order valence-corrected chi connectivity index (χ4v) is 3.94. The molecule has 2 aromatic rings. The molecule has 1 saturated heterocycles. The molecule has 1 heterocycles. The van der Waals surface area contributed by atoms with Gasteiger partial charge in [-0.25, -0.2) is 0 Å². The Bertz CT molecular complexity index is 1270. The molecule has 0 bridgehead atoms. The Kier molecular flexibility index (Phi) is 324. The van der Waals surface area contributed by atoms with Gasteiger partial charge in [0.2, 0.25) is 17.7 Å². The van der Waals surface area contributed by atoms with Gasteiger partial charge in [0.1, 0.15) is 73.2 Å². The number of rotatable bonds is 9. The number of hydrogen-bond acceptors (Lipinski definition) is 22. The minimum atomic E-state index is -0.647. The first-order chi connectivity index (χ1) is 40.3. The van der Waals surface area contributed by atoms with E-state index < -0.39 is 12.1 Å². The van der Waals surface area contributed by atoms with E-state index >= 15 is 0 Å². The Morgan fingerprint density at radius 3 is 0.886 bits per heavy atom. The molecule has 2 atom stereocenters. The molecule has 0 aliphatic carbocycles. The average Bonchev–Trinajstić information content (AvgIpc) is 3.58. The molecule has 88 heavy (non-hydrogen) atoms. The van der Waals surface area contributed by atoms with E-state index in [1.807, 2.05) is 130 Å². The Labute approximate surface area is 540 Å². The number of benzene rings is 2. The molecule has 1 aliphatic rings. The maximum atomic E-state index is 12.8. The number of aryl methyl sites for hydroxylation is 1. The normalized spacial score (nSPS) is 8.50. The predicted molar refractivity (Wildman–Crippen MR) is 382 cm³/mol. The number of amides is 3. The number of hydrogen-bond donors (Lipinski definition) is 11. The maximum Gasteiger partial charge on any atom is 0.244 e. The van der Waals surface area contributed by atoms with Crippen molar-refractivity contribution in [3.63, 3.8) is 0 Å². The monoisotopic (exact) mass is 1280 g/mol. The molecule has 24 N–H and O–H groups in total. The number of aliphatic hydroxyl groups excluding tert-OH is 1. The molecule has 25 heteroatoms. The van der Waals surface area contributed by atoms with Crippen molar-refractivity contribution in [2.75, 3.05) is 55.4 Å². The molecule has 3 amide bonds. The highest BCUT2D eigenvalue weighted by molar-refractivity contribution is 5.91. The summed E-state index contributed by atoms with van der Waals surface area (Å²) < 4.78 is 0. The molecule has 1 aliphatic heterocycles. The van der Waals surface area contributed by atoms with E-state index in [2.05, 4.69) is 127 Å². The van der Waals surface area contributed by atoms with Crippen LogP contribution < -0.4 is 58.6 Å². The quantitative estimate of drug-likeness (QED) is 0.112. The Balaban J connectivity index is -0.0000000275. The molecule has 0 aromatic heterocycles. The third kappa shape index (κ3) is 185. The number of nitrogens with one attached hydrogen (secondary N) is 1. The van der Waals surface area contributed by atoms with Gasteiger partial charge in [0, 0.05) is 39.6 Å². The zero-order valence-corrected chi connectivity index (χ0v) is 60.9. The van der Waals surface area contributed by atoms with Crippen molar-refractivity contribution in [2.45, 2.75) is 188 Å². The highest BCUT2D eigenvalue weighted by Crippen LogP contribution is 2.12. The molecular formula is C63H148N12O13. The fraction of sp³-hybridized carbons (Fsp3) is 0.619. The lowest BCUT2D eigenvalue weighted by Gasteiger charge is -2.31. The van der Waals surface area contributed by atoms with Crippen molar-refractivity contribution in [3.05, 3.63) is 71.8 Å². The Morgan fingerprint density at radius 2 is 0.705 bits per heavy atom. The van der Waals surface area contributed by atoms with Gasteiger partial charge in [0.25, 0.3) is 0 Å². The second-order valence-corrected chi connectivity index (χ2v) is 15.2. The van der Waals surface area contributed by atoms with Crippen molar-refractivity contribution in [2.24, 2.45) is 46.4 Å². The molecule has 0 radical (unpaired) electrons. The average molecular weight is 1280 g/mol. The van der Waals surface area contributed by atoms with Crippen LogP contribution in [0.15, 0.2) is 60.7 Å². The standard InChI is InChI=1S/C20H29N3O3.C8H10.2C5H12.C4H10.C3H8O.2C2H6.5CH5N.9CH2O.4H3N/c1-15(20(26)23-12-8-5-9-13-23)21-19(25)18(22(3)16(2)24)14-17-10-6-4-7-11-17;1-2-8-6-4-3-5-7-8;2*1-4-5(2)3;1-4(2)3;1-3(2)4;16*1-2;;;;/h4,6-7,10-11,15,18H,5,8-9,12-14H2,1-3H3,(H,21,25);3-7H,2H2,1H3;2*5H,4H2,1-3H3;4H,1-3H3;3-4H,1-2H3;2*1-2H3;5*2H2,1H3;9*1H2;4*1H3/t15-,18-;;;;;;;;;;;;;;;;;;;;;;;;;/m0........................./s1. The number of carbonyl (C=O) groups excluding carboxylic acids is 12. The van der Waals surface area contributed by atoms with Gasteiger partial charge in [-0.1, -0.05) is 170 Å². The molecule has 538 valence electrons. The lowest BCUT2D eigenvalue weighted by Crippen LogP contribution is -2.54. The van der Waals surface area contributed by atoms with Gasteiger partial charge in [-0.2, -0.15) is 0 Å². The number of carbonyl (C=O) groups is 12. The molecule has 3 rings (SSSR count). The van der Waals surface area contributed by atoms with Crippen LogP contribution in [0.25, 0.3) is 0 Å². The third-order valence-corrected chi connectivity index (χ3v) is 7.82. The minimum absolute atomic E-state index is 0. The number of aliphatic hydroxyl groups is 1. The van der Waals surface area contributed by atoms with Crippen LogP contribution in [0.4, 0.5) is 0 Å². The van der Waals surface area contributed by atoms with Crippen LogP contribution in [0.2, 0.25) is 0 Å². The smallest absolute Gasteiger partial charge is 0.244 e. The van der Waals surface area contributed by atoms with E-state index in [4.69, 9.17) is 48.3 Å². The summed E-state index contributed by atoms with van der Waals surface area (Å²) in [5, 5.41) is 10.9. The fourth-order valence-electron chi connectivity index (χ4n) is 3.94. The molecule has 0 unspecified atom stereocenters. The Morgan fingerprint density at radius 1 is 0.489 bits per heavy atom. The Hall–Kier alpha value is -6.52. The van der Waals surface area contributed by atoms with Gasteiger partial charge >= 0.3 is 0 Å². The van der Waals surface area contributed by atoms with Gasteiger partial charge in [0.15, 0.2) is 0 Å². The molecule has 0 spiro atoms. The van der Waals surface area contributed by atoms with Crippen LogP contribution in [0.1, 0.15) is 168 Å². The molecule has 25 nitrogen and oxygen atoms in total.